The average Bonchev–Trinajstić information content (AvgIpc) is 2.96. The van der Waals surface area contributed by atoms with E-state index in [0.717, 1.165) is 5.76 Å². The Labute approximate surface area is 115 Å². The summed E-state index contributed by atoms with van der Waals surface area (Å²) in [4.78, 5) is 0. The molecule has 0 bridgehead atoms. The molecule has 1 aromatic heterocycles. The van der Waals surface area contributed by atoms with Gasteiger partial charge >= 0.3 is 0 Å². The van der Waals surface area contributed by atoms with Gasteiger partial charge in [0, 0.05) is 12.1 Å². The highest BCUT2D eigenvalue weighted by Crippen LogP contribution is 2.15. The van der Waals surface area contributed by atoms with Crippen LogP contribution < -0.4 is 5.32 Å². The first kappa shape index (κ1) is 13.8. The van der Waals surface area contributed by atoms with Crippen LogP contribution in [-0.4, -0.2) is 5.16 Å². The van der Waals surface area contributed by atoms with Gasteiger partial charge in [0.15, 0.2) is 0 Å². The van der Waals surface area contributed by atoms with Gasteiger partial charge in [0.1, 0.15) is 5.76 Å². The fourth-order valence-corrected chi connectivity index (χ4v) is 2.06. The van der Waals surface area contributed by atoms with Crippen molar-refractivity contribution in [3.05, 3.63) is 53.4 Å². The first-order valence-electron chi connectivity index (χ1n) is 7.01. The normalized spacial score (nSPS) is 12.5. The van der Waals surface area contributed by atoms with Gasteiger partial charge in [-0.25, -0.2) is 0 Å². The monoisotopic (exact) mass is 258 g/mol. The third-order valence-corrected chi connectivity index (χ3v) is 3.37. The van der Waals surface area contributed by atoms with Gasteiger partial charge in [-0.2, -0.15) is 0 Å². The van der Waals surface area contributed by atoms with Crippen LogP contribution in [-0.2, 0) is 13.0 Å². The summed E-state index contributed by atoms with van der Waals surface area (Å²) in [6, 6.07) is 11.1. The Morgan fingerprint density at radius 3 is 2.63 bits per heavy atom. The van der Waals surface area contributed by atoms with Crippen LogP contribution in [0.3, 0.4) is 0 Å². The van der Waals surface area contributed by atoms with Crippen LogP contribution in [0.2, 0.25) is 0 Å². The lowest BCUT2D eigenvalue weighted by Gasteiger charge is -2.13. The van der Waals surface area contributed by atoms with Crippen molar-refractivity contribution in [1.82, 2.24) is 10.5 Å². The summed E-state index contributed by atoms with van der Waals surface area (Å²) >= 11 is 0. The molecule has 3 heteroatoms. The van der Waals surface area contributed by atoms with E-state index in [4.69, 9.17) is 4.52 Å². The molecule has 2 rings (SSSR count). The summed E-state index contributed by atoms with van der Waals surface area (Å²) in [6.07, 6.45) is 5.36. The maximum absolute atomic E-state index is 5.07. The van der Waals surface area contributed by atoms with Crippen molar-refractivity contribution in [2.45, 2.75) is 45.7 Å². The summed E-state index contributed by atoms with van der Waals surface area (Å²) in [7, 11) is 0. The van der Waals surface area contributed by atoms with E-state index in [1.807, 2.05) is 6.07 Å². The minimum atomic E-state index is 0.310. The maximum Gasteiger partial charge on any atom is 0.150 e. The van der Waals surface area contributed by atoms with Crippen LogP contribution in [0, 0.1) is 0 Å². The number of unbranched alkanes of at least 4 members (excludes halogenated alkanes) is 1. The standard InChI is InChI=1S/C16H22N2O/c1-3-4-5-14-6-8-15(9-7-14)13(2)17-12-16-10-11-18-19-16/h6-11,13,17H,3-5,12H2,1-2H3. The molecule has 3 nitrogen and oxygen atoms in total. The Morgan fingerprint density at radius 2 is 2.00 bits per heavy atom. The second-order valence-corrected chi connectivity index (χ2v) is 4.93. The molecule has 19 heavy (non-hydrogen) atoms. The summed E-state index contributed by atoms with van der Waals surface area (Å²) < 4.78 is 5.07. The van der Waals surface area contributed by atoms with E-state index in [1.54, 1.807) is 6.20 Å². The minimum Gasteiger partial charge on any atom is -0.360 e. The Bertz CT molecular complexity index is 462. The first-order valence-corrected chi connectivity index (χ1v) is 7.01. The van der Waals surface area contributed by atoms with Gasteiger partial charge in [-0.15, -0.1) is 0 Å². The van der Waals surface area contributed by atoms with E-state index < -0.39 is 0 Å². The number of aryl methyl sites for hydroxylation is 1. The van der Waals surface area contributed by atoms with Crippen LogP contribution in [0.1, 0.15) is 49.6 Å². The van der Waals surface area contributed by atoms with Crippen molar-refractivity contribution in [3.8, 4) is 0 Å². The summed E-state index contributed by atoms with van der Waals surface area (Å²) in [5.41, 5.74) is 2.73. The molecule has 0 fully saturated rings. The Kier molecular flexibility index (Phi) is 5.16. The third kappa shape index (κ3) is 4.21. The highest BCUT2D eigenvalue weighted by Gasteiger charge is 2.06. The molecule has 0 amide bonds. The quantitative estimate of drug-likeness (QED) is 0.819. The SMILES string of the molecule is CCCCc1ccc(C(C)NCc2ccno2)cc1. The van der Waals surface area contributed by atoms with E-state index in [0.29, 0.717) is 12.6 Å². The van der Waals surface area contributed by atoms with E-state index >= 15 is 0 Å². The lowest BCUT2D eigenvalue weighted by Crippen LogP contribution is -2.17. The van der Waals surface area contributed by atoms with Crippen LogP contribution >= 0.6 is 0 Å². The molecular formula is C16H22N2O. The van der Waals surface area contributed by atoms with E-state index in [9.17, 15) is 0 Å². The number of benzene rings is 1. The van der Waals surface area contributed by atoms with Gasteiger partial charge in [-0.1, -0.05) is 42.8 Å². The fraction of sp³-hybridized carbons (Fsp3) is 0.438. The van der Waals surface area contributed by atoms with E-state index in [2.05, 4.69) is 48.6 Å². The van der Waals surface area contributed by atoms with Crippen LogP contribution in [0.5, 0.6) is 0 Å². The lowest BCUT2D eigenvalue weighted by molar-refractivity contribution is 0.366. The molecule has 1 unspecified atom stereocenters. The van der Waals surface area contributed by atoms with Crippen molar-refractivity contribution < 1.29 is 4.52 Å². The van der Waals surface area contributed by atoms with Crippen molar-refractivity contribution in [3.63, 3.8) is 0 Å². The van der Waals surface area contributed by atoms with Crippen molar-refractivity contribution >= 4 is 0 Å². The number of rotatable bonds is 7. The summed E-state index contributed by atoms with van der Waals surface area (Å²) in [5.74, 6) is 0.867. The van der Waals surface area contributed by atoms with Gasteiger partial charge < -0.3 is 9.84 Å². The van der Waals surface area contributed by atoms with Crippen molar-refractivity contribution in [1.29, 1.82) is 0 Å². The average molecular weight is 258 g/mol. The first-order chi connectivity index (χ1) is 9.29. The molecule has 0 saturated heterocycles. The lowest BCUT2D eigenvalue weighted by atomic mass is 10.0. The third-order valence-electron chi connectivity index (χ3n) is 3.37. The van der Waals surface area contributed by atoms with Crippen LogP contribution in [0.25, 0.3) is 0 Å². The zero-order chi connectivity index (χ0) is 13.5. The van der Waals surface area contributed by atoms with Gasteiger partial charge in [0.05, 0.1) is 12.7 Å². The number of hydrogen-bond acceptors (Lipinski definition) is 3. The van der Waals surface area contributed by atoms with Gasteiger partial charge in [0.2, 0.25) is 0 Å². The smallest absolute Gasteiger partial charge is 0.150 e. The number of nitrogens with one attached hydrogen (secondary N) is 1. The summed E-state index contributed by atoms with van der Waals surface area (Å²) in [5, 5.41) is 7.13. The molecule has 0 saturated carbocycles. The fourth-order valence-electron chi connectivity index (χ4n) is 2.06. The molecule has 0 aliphatic carbocycles. The highest BCUT2D eigenvalue weighted by molar-refractivity contribution is 5.24. The zero-order valence-corrected chi connectivity index (χ0v) is 11.7. The molecule has 0 aliphatic rings. The van der Waals surface area contributed by atoms with Gasteiger partial charge in [-0.05, 0) is 30.9 Å². The number of aromatic nitrogens is 1. The Morgan fingerprint density at radius 1 is 1.21 bits per heavy atom. The van der Waals surface area contributed by atoms with Crippen molar-refractivity contribution in [2.75, 3.05) is 0 Å². The number of hydrogen-bond donors (Lipinski definition) is 1. The number of nitrogens with zero attached hydrogens (tertiary/aromatic N) is 1. The van der Waals surface area contributed by atoms with Crippen molar-refractivity contribution in [2.24, 2.45) is 0 Å². The minimum absolute atomic E-state index is 0.310. The Balaban J connectivity index is 1.86. The van der Waals surface area contributed by atoms with E-state index in [1.165, 1.54) is 30.4 Å². The predicted molar refractivity (Wildman–Crippen MR) is 76.8 cm³/mol. The second kappa shape index (κ2) is 7.10. The molecule has 0 radical (unpaired) electrons. The molecule has 1 atom stereocenters. The van der Waals surface area contributed by atoms with Gasteiger partial charge in [0.25, 0.3) is 0 Å². The molecule has 0 aliphatic heterocycles. The molecule has 2 aromatic rings. The second-order valence-electron chi connectivity index (χ2n) is 4.93. The van der Waals surface area contributed by atoms with Crippen LogP contribution in [0.4, 0.5) is 0 Å². The summed E-state index contributed by atoms with van der Waals surface area (Å²) in [6.45, 7) is 5.10. The molecule has 1 aromatic carbocycles. The molecule has 1 heterocycles. The van der Waals surface area contributed by atoms with E-state index in [-0.39, 0.29) is 0 Å². The van der Waals surface area contributed by atoms with Gasteiger partial charge in [-0.3, -0.25) is 0 Å². The maximum atomic E-state index is 5.07. The molecular weight excluding hydrogens is 236 g/mol. The molecule has 1 N–H and O–H groups in total. The molecule has 102 valence electrons. The largest absolute Gasteiger partial charge is 0.360 e. The topological polar surface area (TPSA) is 38.1 Å². The molecule has 0 spiro atoms. The van der Waals surface area contributed by atoms with Crippen LogP contribution in [0.15, 0.2) is 41.1 Å². The Hall–Kier alpha value is -1.61. The zero-order valence-electron chi connectivity index (χ0n) is 11.7. The highest BCUT2D eigenvalue weighted by atomic mass is 16.5. The predicted octanol–water partition coefficient (Wildman–Crippen LogP) is 3.87.